The Labute approximate surface area is 280 Å². The van der Waals surface area contributed by atoms with Crippen molar-refractivity contribution in [1.29, 1.82) is 0 Å². The van der Waals surface area contributed by atoms with Crippen LogP contribution < -0.4 is 5.46 Å². The molecule has 0 amide bonds. The van der Waals surface area contributed by atoms with E-state index in [1.165, 1.54) is 40.4 Å². The van der Waals surface area contributed by atoms with Gasteiger partial charge in [-0.1, -0.05) is 162 Å². The first-order valence-electron chi connectivity index (χ1n) is 13.8. The number of aromatic nitrogens is 4. The van der Waals surface area contributed by atoms with E-state index in [-0.39, 0.29) is 0 Å². The summed E-state index contributed by atoms with van der Waals surface area (Å²) in [5, 5.41) is 19.8. The van der Waals surface area contributed by atoms with Crippen molar-refractivity contribution in [2.24, 2.45) is 0 Å². The molecule has 0 unspecified atom stereocenters. The van der Waals surface area contributed by atoms with Gasteiger partial charge in [0.05, 0.1) is 0 Å². The highest BCUT2D eigenvalue weighted by Crippen LogP contribution is 2.23. The fourth-order valence-corrected chi connectivity index (χ4v) is 4.86. The molecule has 2 N–H and O–H groups in total. The Hall–Kier alpha value is -2.25. The highest BCUT2D eigenvalue weighted by molar-refractivity contribution is 7.98. The molecule has 0 aliphatic heterocycles. The average molecular weight is 679 g/mol. The van der Waals surface area contributed by atoms with E-state index in [4.69, 9.17) is 21.6 Å². The molecule has 0 fully saturated rings. The monoisotopic (exact) mass is 678 g/mol. The van der Waals surface area contributed by atoms with Gasteiger partial charge in [-0.2, -0.15) is 13.7 Å². The molecule has 2 aromatic heterocycles. The van der Waals surface area contributed by atoms with Crippen LogP contribution in [0.5, 0.6) is 0 Å². The molecule has 234 valence electrons. The van der Waals surface area contributed by atoms with Crippen LogP contribution in [0.15, 0.2) is 101 Å². The van der Waals surface area contributed by atoms with Gasteiger partial charge in [-0.3, -0.25) is 0 Å². The zero-order valence-electron chi connectivity index (χ0n) is 26.4. The van der Waals surface area contributed by atoms with Crippen LogP contribution in [0.3, 0.4) is 0 Å². The van der Waals surface area contributed by atoms with Crippen LogP contribution in [0.25, 0.3) is 10.6 Å². The summed E-state index contributed by atoms with van der Waals surface area (Å²) in [5.74, 6) is 0. The lowest BCUT2D eigenvalue weighted by Crippen LogP contribution is -2.29. The maximum atomic E-state index is 8.58. The van der Waals surface area contributed by atoms with Crippen LogP contribution in [0, 0.1) is 6.92 Å². The maximum Gasteiger partial charge on any atom is 0.488 e. The number of rotatable bonds is 4. The Kier molecular flexibility index (Phi) is 29.7. The summed E-state index contributed by atoms with van der Waals surface area (Å²) in [7, 11) is -1.34. The van der Waals surface area contributed by atoms with Crippen molar-refractivity contribution >= 4 is 70.8 Å². The van der Waals surface area contributed by atoms with E-state index in [2.05, 4.69) is 37.8 Å². The summed E-state index contributed by atoms with van der Waals surface area (Å²) < 4.78 is 8.61. The fourth-order valence-electron chi connectivity index (χ4n) is 2.43. The zero-order chi connectivity index (χ0) is 32.9. The van der Waals surface area contributed by atoms with Gasteiger partial charge < -0.3 is 10.0 Å². The number of hydrogen-bond acceptors (Lipinski definition) is 10. The van der Waals surface area contributed by atoms with Gasteiger partial charge >= 0.3 is 7.12 Å². The molecule has 6 nitrogen and oxygen atoms in total. The lowest BCUT2D eigenvalue weighted by molar-refractivity contribution is 0.426. The van der Waals surface area contributed by atoms with Gasteiger partial charge in [-0.05, 0) is 59.6 Å². The summed E-state index contributed by atoms with van der Waals surface area (Å²) in [4.78, 5) is 8.23. The van der Waals surface area contributed by atoms with E-state index in [0.29, 0.717) is 9.93 Å². The maximum absolute atomic E-state index is 8.58. The molecule has 0 saturated heterocycles. The second kappa shape index (κ2) is 29.8. The Bertz CT molecular complexity index is 1270. The van der Waals surface area contributed by atoms with Gasteiger partial charge in [0.15, 0.2) is 5.16 Å². The Morgan fingerprint density at radius 2 is 1.05 bits per heavy atom. The number of hydrogen-bond donors (Lipinski definition) is 2. The minimum Gasteiger partial charge on any atom is -0.423 e. The summed E-state index contributed by atoms with van der Waals surface area (Å²) in [6, 6.07) is 29.0. The predicted molar refractivity (Wildman–Crippen MR) is 195 cm³/mol. The first-order valence-corrected chi connectivity index (χ1v) is 18.2. The van der Waals surface area contributed by atoms with Crippen molar-refractivity contribution < 1.29 is 10.0 Å². The Balaban J connectivity index is 0. The third-order valence-corrected chi connectivity index (χ3v) is 7.10. The topological polar surface area (TPSA) is 92.0 Å². The molecule has 0 atom stereocenters. The first kappa shape index (κ1) is 42.9. The van der Waals surface area contributed by atoms with Crippen LogP contribution in [0.1, 0.15) is 47.1 Å². The molecule has 43 heavy (non-hydrogen) atoms. The molecule has 12 heteroatoms. The van der Waals surface area contributed by atoms with Crippen LogP contribution in [0.4, 0.5) is 0 Å². The van der Waals surface area contributed by atoms with Gasteiger partial charge in [0.1, 0.15) is 5.01 Å². The molecule has 0 saturated carbocycles. The van der Waals surface area contributed by atoms with Crippen LogP contribution in [0.2, 0.25) is 4.47 Å². The normalized spacial score (nSPS) is 8.65. The molecule has 2 heterocycles. The van der Waals surface area contributed by atoms with Gasteiger partial charge in [-0.25, -0.2) is 4.98 Å². The number of benzene rings is 3. The highest BCUT2D eigenvalue weighted by Gasteiger charge is 2.07. The summed E-state index contributed by atoms with van der Waals surface area (Å²) in [5.41, 5.74) is 2.99. The summed E-state index contributed by atoms with van der Waals surface area (Å²) in [6.07, 6.45) is 3.90. The fraction of sp³-hybridized carbons (Fsp3) is 0.290. The molecule has 5 rings (SSSR count). The third kappa shape index (κ3) is 21.2. The summed E-state index contributed by atoms with van der Waals surface area (Å²) >= 11 is 11.2. The van der Waals surface area contributed by atoms with Crippen molar-refractivity contribution in [3.05, 3.63) is 101 Å². The molecule has 5 aromatic rings. The number of nitrogens with zero attached hydrogens (tertiary/aromatic N) is 4. The standard InChI is InChI=1S/C9H8N2S2.C7H8.C6H7BO2.C3H3ClN2S2.3C2H6/c1-12-9-10-8(13-11-9)7-5-3-2-4-6-7;1-7-5-3-2-4-6-7;8-7(9)6-4-2-1-3-5-6;1-7-3-5-2(4)8-6-3;3*1-2/h2-6H,1H3;2-6H,1H3;1-5,8-9H;1H3;3*1-2H3. The predicted octanol–water partition coefficient (Wildman–Crippen LogP) is 9.28. The van der Waals surface area contributed by atoms with Crippen LogP contribution >= 0.6 is 58.2 Å². The van der Waals surface area contributed by atoms with E-state index < -0.39 is 7.12 Å². The van der Waals surface area contributed by atoms with Crippen LogP contribution in [-0.2, 0) is 0 Å². The first-order chi connectivity index (χ1) is 20.9. The summed E-state index contributed by atoms with van der Waals surface area (Å²) in [6.45, 7) is 14.1. The Morgan fingerprint density at radius 1 is 0.628 bits per heavy atom. The molecule has 0 radical (unpaired) electrons. The van der Waals surface area contributed by atoms with Crippen LogP contribution in [-0.4, -0.2) is 48.4 Å². The highest BCUT2D eigenvalue weighted by atomic mass is 35.5. The molecule has 0 aliphatic rings. The van der Waals surface area contributed by atoms with E-state index >= 15 is 0 Å². The van der Waals surface area contributed by atoms with E-state index in [9.17, 15) is 0 Å². The molecule has 0 spiro atoms. The smallest absolute Gasteiger partial charge is 0.423 e. The van der Waals surface area contributed by atoms with Crippen molar-refractivity contribution in [3.8, 4) is 10.6 Å². The third-order valence-electron chi connectivity index (χ3n) is 4.21. The number of thioether (sulfide) groups is 2. The number of halogens is 1. The van der Waals surface area contributed by atoms with E-state index in [1.807, 2.05) is 109 Å². The molecule has 0 bridgehead atoms. The van der Waals surface area contributed by atoms with Crippen molar-refractivity contribution in [3.63, 3.8) is 0 Å². The lowest BCUT2D eigenvalue weighted by atomic mass is 9.81. The minimum atomic E-state index is -1.34. The minimum absolute atomic E-state index is 0.509. The molecule has 3 aromatic carbocycles. The Morgan fingerprint density at radius 3 is 1.35 bits per heavy atom. The molecular weight excluding hydrogens is 635 g/mol. The van der Waals surface area contributed by atoms with Crippen molar-refractivity contribution in [1.82, 2.24) is 18.7 Å². The van der Waals surface area contributed by atoms with E-state index in [0.717, 1.165) is 20.9 Å². The second-order valence-corrected chi connectivity index (χ2v) is 10.6. The van der Waals surface area contributed by atoms with Gasteiger partial charge in [-0.15, -0.1) is 0 Å². The van der Waals surface area contributed by atoms with Gasteiger partial charge in [0.2, 0.25) is 9.62 Å². The average Bonchev–Trinajstić information content (AvgIpc) is 3.75. The number of aryl methyl sites for hydroxylation is 1. The van der Waals surface area contributed by atoms with E-state index in [1.54, 1.807) is 36.0 Å². The largest absolute Gasteiger partial charge is 0.488 e. The SMILES string of the molecule is CC.CC.CC.CSc1nsc(-c2ccccc2)n1.CSc1nsc(Cl)n1.Cc1ccccc1.OB(O)c1ccccc1. The van der Waals surface area contributed by atoms with Gasteiger partial charge in [0.25, 0.3) is 0 Å². The molecule has 0 aliphatic carbocycles. The second-order valence-electron chi connectivity index (χ2n) is 6.93. The molecular formula is C31H44BClN4O2S4. The zero-order valence-corrected chi connectivity index (χ0v) is 30.5. The van der Waals surface area contributed by atoms with Crippen molar-refractivity contribution in [2.45, 2.75) is 58.8 Å². The van der Waals surface area contributed by atoms with Crippen molar-refractivity contribution in [2.75, 3.05) is 12.5 Å². The lowest BCUT2D eigenvalue weighted by Gasteiger charge is -1.94. The quantitative estimate of drug-likeness (QED) is 0.144. The van der Waals surface area contributed by atoms with Gasteiger partial charge in [0, 0.05) is 5.56 Å².